The third kappa shape index (κ3) is 6.63. The fourth-order valence-corrected chi connectivity index (χ4v) is 2.10. The zero-order chi connectivity index (χ0) is 16.0. The molecule has 0 aliphatic carbocycles. The van der Waals surface area contributed by atoms with Gasteiger partial charge in [-0.15, -0.1) is 0 Å². The number of nitrogens with one attached hydrogen (secondary N) is 1. The summed E-state index contributed by atoms with van der Waals surface area (Å²) >= 11 is 0. The summed E-state index contributed by atoms with van der Waals surface area (Å²) in [5.74, 6) is 0.615. The molecule has 0 atom stereocenters. The average molecular weight is 292 g/mol. The highest BCUT2D eigenvalue weighted by molar-refractivity contribution is 5.91. The summed E-state index contributed by atoms with van der Waals surface area (Å²) in [5, 5.41) is 2.97. The van der Waals surface area contributed by atoms with Crippen LogP contribution in [0.1, 0.15) is 19.4 Å². The van der Waals surface area contributed by atoms with Gasteiger partial charge in [-0.1, -0.05) is 26.0 Å². The lowest BCUT2D eigenvalue weighted by Gasteiger charge is -2.25. The fraction of sp³-hybridized carbons (Fsp3) is 0.588. The van der Waals surface area contributed by atoms with E-state index >= 15 is 0 Å². The lowest BCUT2D eigenvalue weighted by atomic mass is 10.0. The standard InChI is InChI=1S/C17H29N3O/c1-14(2)12-15-8-7-9-16(13-15)19(3)17(21)18-10-11-20(4,5)6/h7-9,13-14H,10-12H2,1-6H3/p+1. The smallest absolute Gasteiger partial charge is 0.321 e. The zero-order valence-corrected chi connectivity index (χ0v) is 14.3. The van der Waals surface area contributed by atoms with E-state index in [0.29, 0.717) is 12.5 Å². The molecule has 0 saturated heterocycles. The molecular weight excluding hydrogens is 262 g/mol. The van der Waals surface area contributed by atoms with Crippen molar-refractivity contribution in [3.05, 3.63) is 29.8 Å². The molecule has 4 heteroatoms. The maximum Gasteiger partial charge on any atom is 0.321 e. The Morgan fingerprint density at radius 1 is 1.29 bits per heavy atom. The molecule has 0 aromatic heterocycles. The van der Waals surface area contributed by atoms with Gasteiger partial charge >= 0.3 is 6.03 Å². The van der Waals surface area contributed by atoms with Crippen LogP contribution in [-0.2, 0) is 6.42 Å². The van der Waals surface area contributed by atoms with E-state index in [1.165, 1.54) is 5.56 Å². The van der Waals surface area contributed by atoms with Gasteiger partial charge in [-0.25, -0.2) is 4.79 Å². The second-order valence-electron chi connectivity index (χ2n) is 7.07. The van der Waals surface area contributed by atoms with Crippen LogP contribution in [0.15, 0.2) is 24.3 Å². The molecule has 2 amide bonds. The molecule has 118 valence electrons. The molecule has 1 aromatic carbocycles. The Balaban J connectivity index is 2.61. The van der Waals surface area contributed by atoms with Crippen LogP contribution in [0, 0.1) is 5.92 Å². The number of nitrogens with zero attached hydrogens (tertiary/aromatic N) is 2. The van der Waals surface area contributed by atoms with Crippen molar-refractivity contribution in [2.75, 3.05) is 46.2 Å². The predicted molar refractivity (Wildman–Crippen MR) is 89.7 cm³/mol. The lowest BCUT2D eigenvalue weighted by Crippen LogP contribution is -2.45. The SMILES string of the molecule is CC(C)Cc1cccc(N(C)C(=O)NCC[N+](C)(C)C)c1. The molecule has 1 aromatic rings. The van der Waals surface area contributed by atoms with Crippen molar-refractivity contribution in [2.45, 2.75) is 20.3 Å². The van der Waals surface area contributed by atoms with Gasteiger partial charge < -0.3 is 9.80 Å². The molecule has 0 bridgehead atoms. The van der Waals surface area contributed by atoms with Gasteiger partial charge in [-0.05, 0) is 30.0 Å². The Hall–Kier alpha value is -1.55. The van der Waals surface area contributed by atoms with Crippen molar-refractivity contribution in [3.8, 4) is 0 Å². The van der Waals surface area contributed by atoms with Crippen LogP contribution >= 0.6 is 0 Å². The minimum atomic E-state index is -0.0508. The van der Waals surface area contributed by atoms with Gasteiger partial charge in [-0.2, -0.15) is 0 Å². The van der Waals surface area contributed by atoms with Gasteiger partial charge in [0.15, 0.2) is 0 Å². The van der Waals surface area contributed by atoms with Gasteiger partial charge in [0.1, 0.15) is 0 Å². The predicted octanol–water partition coefficient (Wildman–Crippen LogP) is 2.74. The van der Waals surface area contributed by atoms with Crippen LogP contribution in [0.5, 0.6) is 0 Å². The number of carbonyl (C=O) groups is 1. The molecule has 1 N–H and O–H groups in total. The third-order valence-corrected chi connectivity index (χ3v) is 3.31. The number of hydrogen-bond acceptors (Lipinski definition) is 1. The van der Waals surface area contributed by atoms with Crippen LogP contribution in [0.2, 0.25) is 0 Å². The molecule has 0 heterocycles. The van der Waals surface area contributed by atoms with Gasteiger partial charge in [0.2, 0.25) is 0 Å². The molecule has 0 unspecified atom stereocenters. The quantitative estimate of drug-likeness (QED) is 0.803. The Morgan fingerprint density at radius 2 is 1.95 bits per heavy atom. The molecule has 4 nitrogen and oxygen atoms in total. The minimum absolute atomic E-state index is 0.0508. The number of carbonyl (C=O) groups excluding carboxylic acids is 1. The molecule has 21 heavy (non-hydrogen) atoms. The number of anilines is 1. The van der Waals surface area contributed by atoms with Crippen molar-refractivity contribution < 1.29 is 9.28 Å². The number of amides is 2. The van der Waals surface area contributed by atoms with E-state index in [9.17, 15) is 4.79 Å². The van der Waals surface area contributed by atoms with Crippen LogP contribution in [0.4, 0.5) is 10.5 Å². The highest BCUT2D eigenvalue weighted by Crippen LogP contribution is 2.17. The van der Waals surface area contributed by atoms with Crippen molar-refractivity contribution in [3.63, 3.8) is 0 Å². The molecule has 0 radical (unpaired) electrons. The number of urea groups is 1. The second kappa shape index (κ2) is 7.46. The van der Waals surface area contributed by atoms with Crippen molar-refractivity contribution in [2.24, 2.45) is 5.92 Å². The Bertz CT molecular complexity index is 463. The van der Waals surface area contributed by atoms with Crippen molar-refractivity contribution >= 4 is 11.7 Å². The van der Waals surface area contributed by atoms with E-state index in [0.717, 1.165) is 23.1 Å². The first-order valence-corrected chi connectivity index (χ1v) is 7.60. The van der Waals surface area contributed by atoms with E-state index < -0.39 is 0 Å². The van der Waals surface area contributed by atoms with Crippen molar-refractivity contribution in [1.82, 2.24) is 5.32 Å². The Labute approximate surface area is 129 Å². The number of likely N-dealkylation sites (N-methyl/N-ethyl adjacent to an activating group) is 1. The molecule has 0 aliphatic rings. The van der Waals surface area contributed by atoms with Gasteiger partial charge in [0.05, 0.1) is 34.2 Å². The highest BCUT2D eigenvalue weighted by atomic mass is 16.2. The van der Waals surface area contributed by atoms with Crippen molar-refractivity contribution in [1.29, 1.82) is 0 Å². The number of quaternary nitrogens is 1. The maximum atomic E-state index is 12.2. The Kier molecular flexibility index (Phi) is 6.21. The summed E-state index contributed by atoms with van der Waals surface area (Å²) in [7, 11) is 8.16. The number of hydrogen-bond donors (Lipinski definition) is 1. The first-order valence-electron chi connectivity index (χ1n) is 7.60. The topological polar surface area (TPSA) is 32.3 Å². The van der Waals surface area contributed by atoms with Gasteiger partial charge in [0, 0.05) is 12.7 Å². The first kappa shape index (κ1) is 17.5. The molecule has 0 saturated carbocycles. The fourth-order valence-electron chi connectivity index (χ4n) is 2.10. The van der Waals surface area contributed by atoms with E-state index in [-0.39, 0.29) is 6.03 Å². The molecule has 1 rings (SSSR count). The number of benzene rings is 1. The molecular formula is C17H30N3O+. The summed E-state index contributed by atoms with van der Waals surface area (Å²) < 4.78 is 0.841. The normalized spacial score (nSPS) is 11.6. The molecule has 0 fully saturated rings. The highest BCUT2D eigenvalue weighted by Gasteiger charge is 2.13. The number of rotatable bonds is 6. The summed E-state index contributed by atoms with van der Waals surface area (Å²) in [6.07, 6.45) is 1.03. The molecule has 0 spiro atoms. The first-order chi connectivity index (χ1) is 9.69. The van der Waals surface area contributed by atoms with Gasteiger partial charge in [-0.3, -0.25) is 4.90 Å². The van der Waals surface area contributed by atoms with E-state index in [1.807, 2.05) is 19.2 Å². The van der Waals surface area contributed by atoms with Crippen LogP contribution < -0.4 is 10.2 Å². The largest absolute Gasteiger partial charge is 0.332 e. The average Bonchev–Trinajstić information content (AvgIpc) is 2.35. The maximum absolute atomic E-state index is 12.2. The lowest BCUT2D eigenvalue weighted by molar-refractivity contribution is -0.869. The van der Waals surface area contributed by atoms with Gasteiger partial charge in [0.25, 0.3) is 0 Å². The Morgan fingerprint density at radius 3 is 2.52 bits per heavy atom. The van der Waals surface area contributed by atoms with Crippen LogP contribution in [-0.4, -0.2) is 51.8 Å². The zero-order valence-electron chi connectivity index (χ0n) is 14.3. The van der Waals surface area contributed by atoms with E-state index in [2.05, 4.69) is 52.4 Å². The summed E-state index contributed by atoms with van der Waals surface area (Å²) in [4.78, 5) is 13.9. The third-order valence-electron chi connectivity index (χ3n) is 3.31. The summed E-state index contributed by atoms with van der Waals surface area (Å²) in [6.45, 7) is 5.99. The summed E-state index contributed by atoms with van der Waals surface area (Å²) in [5.41, 5.74) is 2.21. The monoisotopic (exact) mass is 292 g/mol. The van der Waals surface area contributed by atoms with Crippen LogP contribution in [0.25, 0.3) is 0 Å². The van der Waals surface area contributed by atoms with E-state index in [4.69, 9.17) is 0 Å². The van der Waals surface area contributed by atoms with E-state index in [1.54, 1.807) is 4.90 Å². The summed E-state index contributed by atoms with van der Waals surface area (Å²) in [6, 6.07) is 8.16. The minimum Gasteiger partial charge on any atom is -0.332 e. The second-order valence-corrected chi connectivity index (χ2v) is 7.07. The van der Waals surface area contributed by atoms with Crippen LogP contribution in [0.3, 0.4) is 0 Å². The molecule has 0 aliphatic heterocycles.